The number of hydrogen-bond donors (Lipinski definition) is 1. The minimum Gasteiger partial charge on any atom is -0.325 e. The van der Waals surface area contributed by atoms with Crippen molar-refractivity contribution in [3.63, 3.8) is 0 Å². The van der Waals surface area contributed by atoms with Crippen molar-refractivity contribution in [1.82, 2.24) is 9.55 Å². The van der Waals surface area contributed by atoms with Crippen molar-refractivity contribution in [2.24, 2.45) is 0 Å². The van der Waals surface area contributed by atoms with Crippen molar-refractivity contribution in [2.45, 2.75) is 25.9 Å². The van der Waals surface area contributed by atoms with Crippen LogP contribution in [0.15, 0.2) is 57.8 Å². The van der Waals surface area contributed by atoms with Gasteiger partial charge in [0, 0.05) is 5.69 Å². The van der Waals surface area contributed by atoms with Gasteiger partial charge in [-0.2, -0.15) is 0 Å². The van der Waals surface area contributed by atoms with Crippen LogP contribution in [0, 0.1) is 26.6 Å². The lowest BCUT2D eigenvalue weighted by molar-refractivity contribution is -0.113. The summed E-state index contributed by atoms with van der Waals surface area (Å²) in [4.78, 5) is 30.4. The van der Waals surface area contributed by atoms with E-state index in [1.807, 2.05) is 37.4 Å². The van der Waals surface area contributed by atoms with E-state index in [9.17, 15) is 14.0 Å². The van der Waals surface area contributed by atoms with Crippen molar-refractivity contribution in [3.8, 4) is 5.69 Å². The number of amides is 1. The van der Waals surface area contributed by atoms with Gasteiger partial charge in [0.2, 0.25) is 5.91 Å². The predicted octanol–water partition coefficient (Wildman–Crippen LogP) is 5.24. The van der Waals surface area contributed by atoms with Gasteiger partial charge < -0.3 is 5.32 Å². The number of anilines is 1. The summed E-state index contributed by atoms with van der Waals surface area (Å²) >= 11 is 2.55. The van der Waals surface area contributed by atoms with Crippen LogP contribution in [0.2, 0.25) is 0 Å². The highest BCUT2D eigenvalue weighted by atomic mass is 32.2. The first-order valence-electron chi connectivity index (χ1n) is 9.59. The molecule has 0 aliphatic heterocycles. The maximum absolute atomic E-state index is 13.3. The zero-order valence-corrected chi connectivity index (χ0v) is 18.9. The molecule has 0 radical (unpaired) electrons. The Bertz CT molecular complexity index is 1340. The van der Waals surface area contributed by atoms with Crippen molar-refractivity contribution >= 4 is 44.9 Å². The molecule has 4 aromatic rings. The van der Waals surface area contributed by atoms with E-state index < -0.39 is 0 Å². The molecule has 1 N–H and O–H groups in total. The number of hydrogen-bond acceptors (Lipinski definition) is 5. The summed E-state index contributed by atoms with van der Waals surface area (Å²) < 4.78 is 15.4. The van der Waals surface area contributed by atoms with Gasteiger partial charge in [0.1, 0.15) is 10.5 Å². The van der Waals surface area contributed by atoms with Crippen molar-refractivity contribution in [1.29, 1.82) is 0 Å². The molecule has 0 fully saturated rings. The van der Waals surface area contributed by atoms with E-state index in [4.69, 9.17) is 0 Å². The third kappa shape index (κ3) is 4.55. The van der Waals surface area contributed by atoms with E-state index in [1.165, 1.54) is 41.3 Å². The third-order valence-electron chi connectivity index (χ3n) is 4.71. The molecule has 0 aliphatic carbocycles. The van der Waals surface area contributed by atoms with E-state index >= 15 is 0 Å². The molecule has 0 bridgehead atoms. The standard InChI is InChI=1S/C23H20FN3O2S2/c1-13-8-14(2)10-17(9-13)27-22(29)21-19(6-7-30-21)26-23(27)31-12-20(28)25-18-5-4-16(24)11-15(18)3/h4-11H,12H2,1-3H3,(H,25,28). The molecule has 0 atom stereocenters. The zero-order valence-electron chi connectivity index (χ0n) is 17.2. The third-order valence-corrected chi connectivity index (χ3v) is 6.54. The molecule has 2 aromatic heterocycles. The fourth-order valence-electron chi connectivity index (χ4n) is 3.38. The van der Waals surface area contributed by atoms with Crippen molar-refractivity contribution in [3.05, 3.63) is 80.7 Å². The molecule has 1 amide bonds. The van der Waals surface area contributed by atoms with E-state index in [0.717, 1.165) is 16.8 Å². The van der Waals surface area contributed by atoms with Gasteiger partial charge in [-0.25, -0.2) is 9.37 Å². The Labute approximate surface area is 187 Å². The number of carbonyl (C=O) groups is 1. The van der Waals surface area contributed by atoms with Gasteiger partial charge in [-0.05, 0) is 79.2 Å². The Balaban J connectivity index is 1.66. The lowest BCUT2D eigenvalue weighted by Gasteiger charge is -2.14. The summed E-state index contributed by atoms with van der Waals surface area (Å²) in [5.74, 6) is -0.550. The smallest absolute Gasteiger partial charge is 0.276 e. The highest BCUT2D eigenvalue weighted by Gasteiger charge is 2.16. The Morgan fingerprint density at radius 3 is 2.58 bits per heavy atom. The maximum Gasteiger partial charge on any atom is 0.276 e. The summed E-state index contributed by atoms with van der Waals surface area (Å²) in [5, 5.41) is 5.08. The van der Waals surface area contributed by atoms with Crippen LogP contribution in [0.1, 0.15) is 16.7 Å². The SMILES string of the molecule is Cc1cc(C)cc(-n2c(SCC(=O)Nc3ccc(F)cc3C)nc3ccsc3c2=O)c1. The Morgan fingerprint density at radius 1 is 1.13 bits per heavy atom. The number of aromatic nitrogens is 2. The first kappa shape index (κ1) is 21.3. The molecule has 5 nitrogen and oxygen atoms in total. The summed E-state index contributed by atoms with van der Waals surface area (Å²) in [7, 11) is 0. The minimum absolute atomic E-state index is 0.0592. The van der Waals surface area contributed by atoms with Gasteiger partial charge in [0.15, 0.2) is 5.16 Å². The second-order valence-electron chi connectivity index (χ2n) is 7.31. The van der Waals surface area contributed by atoms with Gasteiger partial charge in [-0.1, -0.05) is 17.8 Å². The Morgan fingerprint density at radius 2 is 1.87 bits per heavy atom. The van der Waals surface area contributed by atoms with Crippen LogP contribution in [-0.4, -0.2) is 21.2 Å². The molecular weight excluding hydrogens is 433 g/mol. The summed E-state index contributed by atoms with van der Waals surface area (Å²) in [5.41, 5.74) is 4.46. The average molecular weight is 454 g/mol. The van der Waals surface area contributed by atoms with Gasteiger partial charge in [-0.15, -0.1) is 11.3 Å². The minimum atomic E-state index is -0.351. The topological polar surface area (TPSA) is 64.0 Å². The van der Waals surface area contributed by atoms with Crippen molar-refractivity contribution < 1.29 is 9.18 Å². The number of thiophene rings is 1. The van der Waals surface area contributed by atoms with Gasteiger partial charge in [0.05, 0.1) is 17.0 Å². The summed E-state index contributed by atoms with van der Waals surface area (Å²) in [6, 6.07) is 11.9. The lowest BCUT2D eigenvalue weighted by atomic mass is 10.1. The van der Waals surface area contributed by atoms with Crippen LogP contribution in [0.4, 0.5) is 10.1 Å². The molecule has 2 heterocycles. The Kier molecular flexibility index (Phi) is 5.93. The number of thioether (sulfide) groups is 1. The molecule has 0 spiro atoms. The summed E-state index contributed by atoms with van der Waals surface area (Å²) in [6.07, 6.45) is 0. The molecule has 0 saturated carbocycles. The van der Waals surface area contributed by atoms with E-state index in [-0.39, 0.29) is 23.0 Å². The first-order chi connectivity index (χ1) is 14.8. The first-order valence-corrected chi connectivity index (χ1v) is 11.5. The average Bonchev–Trinajstić information content (AvgIpc) is 3.17. The van der Waals surface area contributed by atoms with Crippen LogP contribution >= 0.6 is 23.1 Å². The number of nitrogens with zero attached hydrogens (tertiary/aromatic N) is 2. The quantitative estimate of drug-likeness (QED) is 0.331. The van der Waals surface area contributed by atoms with E-state index in [0.29, 0.717) is 26.6 Å². The monoisotopic (exact) mass is 453 g/mol. The van der Waals surface area contributed by atoms with Gasteiger partial charge >= 0.3 is 0 Å². The number of fused-ring (bicyclic) bond motifs is 1. The fraction of sp³-hybridized carbons (Fsp3) is 0.174. The van der Waals surface area contributed by atoms with Gasteiger partial charge in [0.25, 0.3) is 5.56 Å². The number of rotatable bonds is 5. The van der Waals surface area contributed by atoms with Crippen LogP contribution in [0.25, 0.3) is 15.9 Å². The Hall–Kier alpha value is -2.97. The number of nitrogens with one attached hydrogen (secondary N) is 1. The highest BCUT2D eigenvalue weighted by Crippen LogP contribution is 2.25. The highest BCUT2D eigenvalue weighted by molar-refractivity contribution is 7.99. The number of halogens is 1. The van der Waals surface area contributed by atoms with Crippen LogP contribution in [-0.2, 0) is 4.79 Å². The second kappa shape index (κ2) is 8.64. The van der Waals surface area contributed by atoms with E-state index in [1.54, 1.807) is 17.6 Å². The van der Waals surface area contributed by atoms with Crippen LogP contribution in [0.5, 0.6) is 0 Å². The molecule has 0 aliphatic rings. The predicted molar refractivity (Wildman–Crippen MR) is 125 cm³/mol. The van der Waals surface area contributed by atoms with Crippen LogP contribution in [0.3, 0.4) is 0 Å². The second-order valence-corrected chi connectivity index (χ2v) is 9.17. The largest absolute Gasteiger partial charge is 0.325 e. The number of carbonyl (C=O) groups excluding carboxylic acids is 1. The molecule has 31 heavy (non-hydrogen) atoms. The normalized spacial score (nSPS) is 11.1. The zero-order chi connectivity index (χ0) is 22.1. The molecule has 2 aromatic carbocycles. The molecular formula is C23H20FN3O2S2. The molecule has 158 valence electrons. The molecule has 8 heteroatoms. The molecule has 0 saturated heterocycles. The van der Waals surface area contributed by atoms with Crippen LogP contribution < -0.4 is 10.9 Å². The van der Waals surface area contributed by atoms with Gasteiger partial charge in [-0.3, -0.25) is 14.2 Å². The molecule has 0 unspecified atom stereocenters. The fourth-order valence-corrected chi connectivity index (χ4v) is 4.95. The number of benzene rings is 2. The summed E-state index contributed by atoms with van der Waals surface area (Å²) in [6.45, 7) is 5.68. The van der Waals surface area contributed by atoms with E-state index in [2.05, 4.69) is 10.3 Å². The van der Waals surface area contributed by atoms with Crippen molar-refractivity contribution in [2.75, 3.05) is 11.1 Å². The maximum atomic E-state index is 13.3. The lowest BCUT2D eigenvalue weighted by Crippen LogP contribution is -2.22. The number of aryl methyl sites for hydroxylation is 3. The molecule has 4 rings (SSSR count).